The van der Waals surface area contributed by atoms with E-state index in [1.807, 2.05) is 55.3 Å². The van der Waals surface area contributed by atoms with Gasteiger partial charge in [0.2, 0.25) is 5.91 Å². The van der Waals surface area contributed by atoms with Gasteiger partial charge in [-0.1, -0.05) is 37.1 Å². The van der Waals surface area contributed by atoms with Crippen molar-refractivity contribution >= 4 is 17.5 Å². The molecular formula is C24H31N3O3. The molecule has 0 spiro atoms. The van der Waals surface area contributed by atoms with Crippen LogP contribution in [0.1, 0.15) is 48.5 Å². The number of hydrogen-bond donors (Lipinski definition) is 2. The van der Waals surface area contributed by atoms with Gasteiger partial charge in [-0.3, -0.25) is 14.5 Å². The first-order chi connectivity index (χ1) is 14.5. The van der Waals surface area contributed by atoms with E-state index in [2.05, 4.69) is 10.6 Å². The largest absolute Gasteiger partial charge is 0.494 e. The van der Waals surface area contributed by atoms with Crippen molar-refractivity contribution in [3.63, 3.8) is 0 Å². The number of para-hydroxylation sites is 1. The number of carbonyl (C=O) groups is 2. The van der Waals surface area contributed by atoms with Gasteiger partial charge in [-0.05, 0) is 56.6 Å². The molecule has 1 aliphatic rings. The van der Waals surface area contributed by atoms with Crippen LogP contribution in [0.15, 0.2) is 48.5 Å². The Morgan fingerprint density at radius 1 is 1.07 bits per heavy atom. The van der Waals surface area contributed by atoms with Crippen LogP contribution < -0.4 is 15.4 Å². The van der Waals surface area contributed by atoms with Crippen LogP contribution in [0.2, 0.25) is 0 Å². The fourth-order valence-electron chi connectivity index (χ4n) is 3.78. The highest BCUT2D eigenvalue weighted by Crippen LogP contribution is 2.20. The number of hydrogen-bond acceptors (Lipinski definition) is 4. The molecule has 2 aromatic rings. The number of ether oxygens (including phenoxy) is 1. The predicted octanol–water partition coefficient (Wildman–Crippen LogP) is 3.83. The lowest BCUT2D eigenvalue weighted by Crippen LogP contribution is -2.34. The van der Waals surface area contributed by atoms with E-state index in [0.717, 1.165) is 37.0 Å². The van der Waals surface area contributed by atoms with E-state index in [0.29, 0.717) is 24.4 Å². The molecule has 30 heavy (non-hydrogen) atoms. The molecule has 0 saturated heterocycles. The van der Waals surface area contributed by atoms with Crippen LogP contribution in [0.4, 0.5) is 5.69 Å². The second-order valence-electron chi connectivity index (χ2n) is 7.80. The molecule has 2 amide bonds. The number of nitrogens with one attached hydrogen (secondary N) is 2. The second-order valence-corrected chi connectivity index (χ2v) is 7.80. The molecule has 0 aliphatic heterocycles. The summed E-state index contributed by atoms with van der Waals surface area (Å²) in [7, 11) is 1.90. The summed E-state index contributed by atoms with van der Waals surface area (Å²) in [6, 6.07) is 15.3. The summed E-state index contributed by atoms with van der Waals surface area (Å²) in [5.41, 5.74) is 2.16. The van der Waals surface area contributed by atoms with Gasteiger partial charge in [0.1, 0.15) is 5.75 Å². The maximum Gasteiger partial charge on any atom is 0.253 e. The molecule has 2 N–H and O–H groups in total. The molecule has 0 heterocycles. The summed E-state index contributed by atoms with van der Waals surface area (Å²) >= 11 is 0. The average Bonchev–Trinajstić information content (AvgIpc) is 3.23. The first-order valence-corrected chi connectivity index (χ1v) is 10.6. The molecule has 1 fully saturated rings. The molecule has 0 aromatic heterocycles. The van der Waals surface area contributed by atoms with E-state index < -0.39 is 0 Å². The summed E-state index contributed by atoms with van der Waals surface area (Å²) in [5, 5.41) is 5.98. The number of rotatable bonds is 9. The van der Waals surface area contributed by atoms with Gasteiger partial charge in [0.25, 0.3) is 5.91 Å². The lowest BCUT2D eigenvalue weighted by Gasteiger charge is -2.18. The molecule has 0 bridgehead atoms. The Balaban J connectivity index is 1.54. The quantitative estimate of drug-likeness (QED) is 0.660. The Morgan fingerprint density at radius 2 is 1.77 bits per heavy atom. The zero-order chi connectivity index (χ0) is 21.3. The molecule has 6 heteroatoms. The molecule has 6 nitrogen and oxygen atoms in total. The third kappa shape index (κ3) is 6.32. The van der Waals surface area contributed by atoms with E-state index >= 15 is 0 Å². The topological polar surface area (TPSA) is 70.7 Å². The lowest BCUT2D eigenvalue weighted by molar-refractivity contribution is -0.117. The minimum absolute atomic E-state index is 0.124. The van der Waals surface area contributed by atoms with E-state index in [9.17, 15) is 9.59 Å². The van der Waals surface area contributed by atoms with Gasteiger partial charge in [0, 0.05) is 12.6 Å². The summed E-state index contributed by atoms with van der Waals surface area (Å²) in [6.45, 7) is 3.46. The highest BCUT2D eigenvalue weighted by molar-refractivity contribution is 6.04. The van der Waals surface area contributed by atoms with Gasteiger partial charge in [0.05, 0.1) is 24.4 Å². The number of nitrogens with zero attached hydrogens (tertiary/aromatic N) is 1. The van der Waals surface area contributed by atoms with Crippen molar-refractivity contribution in [3.8, 4) is 5.75 Å². The summed E-state index contributed by atoms with van der Waals surface area (Å²) < 4.78 is 5.46. The van der Waals surface area contributed by atoms with Crippen LogP contribution in [0.5, 0.6) is 5.75 Å². The first-order valence-electron chi connectivity index (χ1n) is 10.6. The molecule has 1 saturated carbocycles. The normalized spacial score (nSPS) is 14.0. The number of amides is 2. The molecule has 0 unspecified atom stereocenters. The smallest absolute Gasteiger partial charge is 0.253 e. The monoisotopic (exact) mass is 409 g/mol. The minimum atomic E-state index is -0.149. The zero-order valence-corrected chi connectivity index (χ0v) is 17.8. The second kappa shape index (κ2) is 10.8. The van der Waals surface area contributed by atoms with Crippen molar-refractivity contribution in [2.24, 2.45) is 0 Å². The number of anilines is 1. The van der Waals surface area contributed by atoms with Gasteiger partial charge in [-0.15, -0.1) is 0 Å². The van der Waals surface area contributed by atoms with Crippen LogP contribution in [0.25, 0.3) is 0 Å². The molecule has 1 aliphatic carbocycles. The summed E-state index contributed by atoms with van der Waals surface area (Å²) in [6.07, 6.45) is 4.36. The van der Waals surface area contributed by atoms with E-state index in [1.54, 1.807) is 12.1 Å². The van der Waals surface area contributed by atoms with Crippen LogP contribution in [-0.4, -0.2) is 43.0 Å². The van der Waals surface area contributed by atoms with E-state index in [4.69, 9.17) is 4.74 Å². The van der Waals surface area contributed by atoms with Crippen molar-refractivity contribution < 1.29 is 14.3 Å². The van der Waals surface area contributed by atoms with Crippen molar-refractivity contribution in [1.82, 2.24) is 10.2 Å². The average molecular weight is 410 g/mol. The molecule has 0 radical (unpaired) electrons. The fraction of sp³-hybridized carbons (Fsp3) is 0.417. The van der Waals surface area contributed by atoms with Crippen molar-refractivity contribution in [1.29, 1.82) is 0 Å². The van der Waals surface area contributed by atoms with Gasteiger partial charge in [-0.2, -0.15) is 0 Å². The van der Waals surface area contributed by atoms with Crippen LogP contribution in [0, 0.1) is 0 Å². The van der Waals surface area contributed by atoms with Crippen molar-refractivity contribution in [3.05, 3.63) is 59.7 Å². The fourth-order valence-corrected chi connectivity index (χ4v) is 3.78. The molecule has 0 atom stereocenters. The zero-order valence-electron chi connectivity index (χ0n) is 17.8. The Morgan fingerprint density at radius 3 is 2.47 bits per heavy atom. The Kier molecular flexibility index (Phi) is 7.85. The molecular weight excluding hydrogens is 378 g/mol. The van der Waals surface area contributed by atoms with Crippen LogP contribution >= 0.6 is 0 Å². The molecule has 2 aromatic carbocycles. The molecule has 3 rings (SSSR count). The molecule has 160 valence electrons. The van der Waals surface area contributed by atoms with Gasteiger partial charge < -0.3 is 15.4 Å². The lowest BCUT2D eigenvalue weighted by atomic mass is 10.1. The van der Waals surface area contributed by atoms with Gasteiger partial charge in [-0.25, -0.2) is 0 Å². The van der Waals surface area contributed by atoms with Crippen LogP contribution in [-0.2, 0) is 11.3 Å². The highest BCUT2D eigenvalue weighted by atomic mass is 16.5. The first kappa shape index (κ1) is 21.8. The van der Waals surface area contributed by atoms with Crippen molar-refractivity contribution in [2.45, 2.75) is 45.2 Å². The minimum Gasteiger partial charge on any atom is -0.494 e. The van der Waals surface area contributed by atoms with Crippen LogP contribution in [0.3, 0.4) is 0 Å². The van der Waals surface area contributed by atoms with Gasteiger partial charge in [0.15, 0.2) is 0 Å². The number of carbonyl (C=O) groups excluding carboxylic acids is 2. The Bertz CT molecular complexity index is 845. The summed E-state index contributed by atoms with van der Waals surface area (Å²) in [5.74, 6) is 0.569. The Hall–Kier alpha value is -2.86. The van der Waals surface area contributed by atoms with Crippen molar-refractivity contribution in [2.75, 3.05) is 25.5 Å². The standard InChI is InChI=1S/C24H31N3O3/c1-3-30-20-14-12-18(13-15-20)16-27(2)17-23(28)26-22-11-7-6-10-21(22)24(29)25-19-8-4-5-9-19/h6-7,10-15,19H,3-5,8-9,16-17H2,1-2H3,(H,25,29)(H,26,28). The third-order valence-corrected chi connectivity index (χ3v) is 5.24. The summed E-state index contributed by atoms with van der Waals surface area (Å²) in [4.78, 5) is 27.2. The van der Waals surface area contributed by atoms with E-state index in [1.165, 1.54) is 0 Å². The number of likely N-dealkylation sites (N-methyl/N-ethyl adjacent to an activating group) is 1. The maximum absolute atomic E-state index is 12.7. The van der Waals surface area contributed by atoms with E-state index in [-0.39, 0.29) is 24.4 Å². The third-order valence-electron chi connectivity index (χ3n) is 5.24. The van der Waals surface area contributed by atoms with Gasteiger partial charge >= 0.3 is 0 Å². The Labute approximate surface area is 178 Å². The predicted molar refractivity (Wildman–Crippen MR) is 119 cm³/mol. The highest BCUT2D eigenvalue weighted by Gasteiger charge is 2.20. The number of benzene rings is 2. The maximum atomic E-state index is 12.7. The SMILES string of the molecule is CCOc1ccc(CN(C)CC(=O)Nc2ccccc2C(=O)NC2CCCC2)cc1.